The number of amides is 1. The highest BCUT2D eigenvalue weighted by molar-refractivity contribution is 6.00. The number of aromatic nitrogens is 3. The summed E-state index contributed by atoms with van der Waals surface area (Å²) < 4.78 is 83.1. The molecule has 5 rings (SSSR count). The van der Waals surface area contributed by atoms with Crippen molar-refractivity contribution in [2.75, 3.05) is 22.1 Å². The molecular weight excluding hydrogens is 576 g/mol. The van der Waals surface area contributed by atoms with Gasteiger partial charge in [-0.2, -0.15) is 31.6 Å². The van der Waals surface area contributed by atoms with Crippen molar-refractivity contribution in [1.82, 2.24) is 15.2 Å². The van der Waals surface area contributed by atoms with Crippen molar-refractivity contribution in [1.29, 1.82) is 5.26 Å². The predicted molar refractivity (Wildman–Crippen MR) is 143 cm³/mol. The number of nitrogen functional groups attached to an aromatic ring is 1. The maximum absolute atomic E-state index is 14.3. The number of carbonyl (C=O) groups excluding carboxylic acids is 1. The van der Waals surface area contributed by atoms with Gasteiger partial charge >= 0.3 is 12.4 Å². The zero-order valence-electron chi connectivity index (χ0n) is 22.5. The third-order valence-corrected chi connectivity index (χ3v) is 7.51. The predicted octanol–water partition coefficient (Wildman–Crippen LogP) is 5.11. The number of piperidine rings is 1. The second-order valence-electron chi connectivity index (χ2n) is 10.3. The van der Waals surface area contributed by atoms with Crippen LogP contribution in [-0.2, 0) is 17.1 Å². The van der Waals surface area contributed by atoms with E-state index in [1.165, 1.54) is 28.0 Å². The maximum Gasteiger partial charge on any atom is 0.433 e. The Balaban J connectivity index is 1.60. The fourth-order valence-corrected chi connectivity index (χ4v) is 5.68. The van der Waals surface area contributed by atoms with E-state index < -0.39 is 58.9 Å². The van der Waals surface area contributed by atoms with Crippen LogP contribution in [0.5, 0.6) is 0 Å². The van der Waals surface area contributed by atoms with Crippen LogP contribution in [0.3, 0.4) is 0 Å². The summed E-state index contributed by atoms with van der Waals surface area (Å²) >= 11 is 0. The van der Waals surface area contributed by atoms with Crippen molar-refractivity contribution < 1.29 is 31.1 Å². The summed E-state index contributed by atoms with van der Waals surface area (Å²) in [7, 11) is 0. The van der Waals surface area contributed by atoms with E-state index in [2.05, 4.69) is 27.0 Å². The molecule has 1 aliphatic heterocycles. The minimum absolute atomic E-state index is 0.165. The van der Waals surface area contributed by atoms with Crippen molar-refractivity contribution in [2.45, 2.75) is 50.6 Å². The molecule has 1 amide bonds. The monoisotopic (exact) mass is 599 g/mol. The first-order valence-corrected chi connectivity index (χ1v) is 13.1. The van der Waals surface area contributed by atoms with Crippen molar-refractivity contribution in [2.24, 2.45) is 5.92 Å². The first kappa shape index (κ1) is 29.6. The summed E-state index contributed by atoms with van der Waals surface area (Å²) in [5.74, 6) is 4.04. The van der Waals surface area contributed by atoms with Gasteiger partial charge < -0.3 is 10.6 Å². The van der Waals surface area contributed by atoms with Crippen LogP contribution in [0, 0.1) is 36.0 Å². The van der Waals surface area contributed by atoms with Crippen molar-refractivity contribution in [3.05, 3.63) is 70.5 Å². The molecule has 222 valence electrons. The summed E-state index contributed by atoms with van der Waals surface area (Å²) in [5.41, 5.74) is 2.45. The normalized spacial score (nSPS) is 19.5. The van der Waals surface area contributed by atoms with E-state index in [0.29, 0.717) is 24.9 Å². The second kappa shape index (κ2) is 11.1. The molecular formula is C29H23F6N7O. The fraction of sp³-hybridized carbons (Fsp3) is 0.345. The third kappa shape index (κ3) is 5.91. The first-order chi connectivity index (χ1) is 20.3. The highest BCUT2D eigenvalue weighted by Gasteiger charge is 2.53. The lowest BCUT2D eigenvalue weighted by Crippen LogP contribution is -2.53. The number of carbonyl (C=O) groups is 1. The average molecular weight is 600 g/mol. The molecule has 0 spiro atoms. The van der Waals surface area contributed by atoms with E-state index in [9.17, 15) is 36.4 Å². The summed E-state index contributed by atoms with van der Waals surface area (Å²) in [6, 6.07) is 9.39. The molecule has 43 heavy (non-hydrogen) atoms. The average Bonchev–Trinajstić information content (AvgIpc) is 3.56. The number of nitrogens with two attached hydrogens (primary N) is 1. The van der Waals surface area contributed by atoms with E-state index in [-0.39, 0.29) is 24.1 Å². The lowest BCUT2D eigenvalue weighted by molar-refractivity contribution is -0.145. The lowest BCUT2D eigenvalue weighted by atomic mass is 9.96. The van der Waals surface area contributed by atoms with Gasteiger partial charge in [0.1, 0.15) is 40.7 Å². The highest BCUT2D eigenvalue weighted by Crippen LogP contribution is 2.48. The summed E-state index contributed by atoms with van der Waals surface area (Å²) in [6.07, 6.45) is -9.21. The van der Waals surface area contributed by atoms with Gasteiger partial charge in [0.25, 0.3) is 5.91 Å². The maximum atomic E-state index is 14.3. The van der Waals surface area contributed by atoms with Crippen LogP contribution in [0.25, 0.3) is 0 Å². The molecule has 14 heteroatoms. The van der Waals surface area contributed by atoms with Crippen LogP contribution >= 0.6 is 0 Å². The number of hydrogen-bond acceptors (Lipinski definition) is 7. The van der Waals surface area contributed by atoms with Crippen molar-refractivity contribution >= 4 is 23.2 Å². The van der Waals surface area contributed by atoms with Crippen LogP contribution in [0.1, 0.15) is 47.3 Å². The van der Waals surface area contributed by atoms with Gasteiger partial charge in [-0.15, -0.1) is 10.2 Å². The largest absolute Gasteiger partial charge is 0.433 e. The first-order valence-electron chi connectivity index (χ1n) is 13.1. The van der Waals surface area contributed by atoms with Crippen LogP contribution < -0.4 is 15.5 Å². The summed E-state index contributed by atoms with van der Waals surface area (Å²) in [6.45, 7) is 1.63. The number of aryl methyl sites for hydroxylation is 1. The van der Waals surface area contributed by atoms with Crippen molar-refractivity contribution in [3.63, 3.8) is 0 Å². The fourth-order valence-electron chi connectivity index (χ4n) is 5.68. The number of pyridine rings is 1. The second-order valence-corrected chi connectivity index (χ2v) is 10.3. The molecule has 8 nitrogen and oxygen atoms in total. The molecule has 2 aliphatic rings. The number of nitriles is 1. The minimum Gasteiger partial charge on any atom is -0.382 e. The Morgan fingerprint density at radius 1 is 1.09 bits per heavy atom. The zero-order valence-corrected chi connectivity index (χ0v) is 22.5. The number of nitrogens with zero attached hydrogens (tertiary/aromatic N) is 6. The van der Waals surface area contributed by atoms with Gasteiger partial charge in [-0.25, -0.2) is 4.98 Å². The van der Waals surface area contributed by atoms with Crippen LogP contribution in [-0.4, -0.2) is 39.7 Å². The Morgan fingerprint density at radius 2 is 1.86 bits per heavy atom. The Bertz CT molecular complexity index is 1650. The highest BCUT2D eigenvalue weighted by atomic mass is 19.4. The van der Waals surface area contributed by atoms with Crippen molar-refractivity contribution in [3.8, 4) is 17.9 Å². The molecule has 1 saturated carbocycles. The smallest absolute Gasteiger partial charge is 0.382 e. The molecule has 3 aromatic rings. The van der Waals surface area contributed by atoms with Crippen LogP contribution in [0.4, 0.5) is 43.7 Å². The van der Waals surface area contributed by atoms with Crippen LogP contribution in [0.15, 0.2) is 42.5 Å². The number of benzene rings is 1. The molecule has 0 unspecified atom stereocenters. The third-order valence-electron chi connectivity index (χ3n) is 7.51. The van der Waals surface area contributed by atoms with E-state index in [1.54, 1.807) is 31.2 Å². The number of halogens is 6. The van der Waals surface area contributed by atoms with Gasteiger partial charge in [0, 0.05) is 11.7 Å². The van der Waals surface area contributed by atoms with E-state index >= 15 is 0 Å². The quantitative estimate of drug-likeness (QED) is 0.328. The van der Waals surface area contributed by atoms with E-state index in [0.717, 1.165) is 5.56 Å². The standard InChI is InChI=1S/C29H23F6N7O/c1-16-4-2-6-19(12-16)41(11-3-5-18-8-10-24(37)40-39-18)27(43)25-17-7-9-20(13-17)42(25)26-21(15-36)22(28(30,31)32)14-23(38-26)29(33,34)35/h2,4,6,8,10,12,14,17,20,25H,7,9,11,13H2,1H3,(H2,37,40)/t17-,20+,25-/m0/s1. The molecule has 1 aliphatic carbocycles. The molecule has 2 N–H and O–H groups in total. The van der Waals surface area contributed by atoms with E-state index in [1.807, 2.05) is 0 Å². The van der Waals surface area contributed by atoms with Crippen LogP contribution in [0.2, 0.25) is 0 Å². The van der Waals surface area contributed by atoms with Gasteiger partial charge in [-0.05, 0) is 73.9 Å². The Hall–Kier alpha value is -4.85. The number of alkyl halides is 6. The van der Waals surface area contributed by atoms with Gasteiger partial charge in [0.15, 0.2) is 0 Å². The lowest BCUT2D eigenvalue weighted by Gasteiger charge is -2.38. The Morgan fingerprint density at radius 3 is 2.49 bits per heavy atom. The minimum atomic E-state index is -5.27. The summed E-state index contributed by atoms with van der Waals surface area (Å²) in [5, 5.41) is 17.3. The van der Waals surface area contributed by atoms with Gasteiger partial charge in [0.2, 0.25) is 0 Å². The SMILES string of the molecule is Cc1cccc(N(CC#Cc2ccc(N)nn2)C(=O)[C@@H]2[C@H]3CC[C@H](C3)N2c2nc(C(F)(F)F)cc(C(F)(F)F)c2C#N)c1. The zero-order chi connectivity index (χ0) is 31.1. The topological polar surface area (TPSA) is 112 Å². The number of rotatable bonds is 4. The van der Waals surface area contributed by atoms with E-state index in [4.69, 9.17) is 5.73 Å². The molecule has 1 saturated heterocycles. The molecule has 3 atom stereocenters. The summed E-state index contributed by atoms with van der Waals surface area (Å²) in [4.78, 5) is 20.3. The molecule has 2 aromatic heterocycles. The molecule has 0 radical (unpaired) electrons. The van der Waals surface area contributed by atoms with Gasteiger partial charge in [-0.1, -0.05) is 18.1 Å². The number of fused-ring (bicyclic) bond motifs is 2. The number of hydrogen-bond donors (Lipinski definition) is 1. The Labute approximate surface area is 242 Å². The molecule has 2 fully saturated rings. The number of anilines is 3. The molecule has 3 heterocycles. The molecule has 1 aromatic carbocycles. The molecule has 2 bridgehead atoms. The Kier molecular flexibility index (Phi) is 7.65. The van der Waals surface area contributed by atoms with Gasteiger partial charge in [0.05, 0.1) is 12.1 Å². The van der Waals surface area contributed by atoms with Gasteiger partial charge in [-0.3, -0.25) is 9.69 Å².